The van der Waals surface area contributed by atoms with Crippen LogP contribution in [0.2, 0.25) is 0 Å². The Balaban J connectivity index is 1.38. The third kappa shape index (κ3) is 5.64. The zero-order valence-electron chi connectivity index (χ0n) is 19.5. The van der Waals surface area contributed by atoms with Crippen LogP contribution in [0.1, 0.15) is 41.3 Å². The summed E-state index contributed by atoms with van der Waals surface area (Å²) in [5.41, 5.74) is 1.41. The van der Waals surface area contributed by atoms with Gasteiger partial charge in [-0.1, -0.05) is 18.2 Å². The van der Waals surface area contributed by atoms with Crippen molar-refractivity contribution in [3.05, 3.63) is 75.7 Å². The fourth-order valence-electron chi connectivity index (χ4n) is 4.09. The second-order valence-electron chi connectivity index (χ2n) is 8.46. The van der Waals surface area contributed by atoms with E-state index in [1.54, 1.807) is 42.2 Å². The number of ether oxygens (including phenoxy) is 1. The average Bonchev–Trinajstić information content (AvgIpc) is 3.13. The van der Waals surface area contributed by atoms with Crippen LogP contribution in [0.4, 0.5) is 13.6 Å². The largest absolute Gasteiger partial charge is 0.466 e. The molecule has 10 heteroatoms. The van der Waals surface area contributed by atoms with Crippen molar-refractivity contribution >= 4 is 40.9 Å². The molecule has 0 N–H and O–H groups in total. The van der Waals surface area contributed by atoms with Gasteiger partial charge in [-0.2, -0.15) is 0 Å². The van der Waals surface area contributed by atoms with Crippen LogP contribution in [0.3, 0.4) is 0 Å². The van der Waals surface area contributed by atoms with Crippen molar-refractivity contribution in [2.24, 2.45) is 5.92 Å². The highest BCUT2D eigenvalue weighted by atomic mass is 32.2. The minimum atomic E-state index is -1.05. The number of amides is 3. The van der Waals surface area contributed by atoms with Crippen LogP contribution in [-0.2, 0) is 20.9 Å². The number of esters is 1. The van der Waals surface area contributed by atoms with E-state index in [2.05, 4.69) is 0 Å². The van der Waals surface area contributed by atoms with Gasteiger partial charge in [-0.25, -0.2) is 8.78 Å². The van der Waals surface area contributed by atoms with Gasteiger partial charge in [0.1, 0.15) is 0 Å². The summed E-state index contributed by atoms with van der Waals surface area (Å²) in [4.78, 5) is 52.7. The van der Waals surface area contributed by atoms with Gasteiger partial charge in [-0.05, 0) is 73.0 Å². The second kappa shape index (κ2) is 11.0. The Morgan fingerprint density at radius 1 is 1.06 bits per heavy atom. The highest BCUT2D eigenvalue weighted by Gasteiger charge is 2.35. The Labute approximate surface area is 211 Å². The summed E-state index contributed by atoms with van der Waals surface area (Å²) in [6.07, 6.45) is 2.67. The number of hydrogen-bond acceptors (Lipinski definition) is 6. The molecule has 0 aromatic heterocycles. The monoisotopic (exact) mass is 514 g/mol. The van der Waals surface area contributed by atoms with E-state index in [0.717, 1.165) is 28.8 Å². The van der Waals surface area contributed by atoms with Crippen molar-refractivity contribution < 1.29 is 32.7 Å². The molecule has 0 bridgehead atoms. The Morgan fingerprint density at radius 3 is 2.39 bits per heavy atom. The molecule has 0 spiro atoms. The zero-order valence-corrected chi connectivity index (χ0v) is 20.4. The van der Waals surface area contributed by atoms with Crippen molar-refractivity contribution in [3.8, 4) is 0 Å². The molecular formula is C26H24F2N2O5S. The molecule has 188 valence electrons. The predicted octanol–water partition coefficient (Wildman–Crippen LogP) is 4.62. The van der Waals surface area contributed by atoms with Crippen molar-refractivity contribution in [1.82, 2.24) is 9.80 Å². The molecule has 2 aliphatic rings. The van der Waals surface area contributed by atoms with Crippen LogP contribution in [-0.4, -0.2) is 52.5 Å². The van der Waals surface area contributed by atoms with Gasteiger partial charge in [0.05, 0.1) is 24.0 Å². The molecule has 0 aliphatic carbocycles. The number of piperidine rings is 1. The number of thioether (sulfide) groups is 1. The van der Waals surface area contributed by atoms with Crippen LogP contribution >= 0.6 is 11.8 Å². The van der Waals surface area contributed by atoms with Crippen molar-refractivity contribution in [2.45, 2.75) is 26.3 Å². The van der Waals surface area contributed by atoms with E-state index in [1.165, 1.54) is 6.07 Å². The number of rotatable bonds is 6. The molecule has 2 heterocycles. The van der Waals surface area contributed by atoms with Crippen LogP contribution in [0, 0.1) is 17.6 Å². The fraction of sp³-hybridized carbons (Fsp3) is 0.308. The molecule has 2 aromatic carbocycles. The third-order valence-corrected chi connectivity index (χ3v) is 6.96. The van der Waals surface area contributed by atoms with Crippen LogP contribution in [0.5, 0.6) is 0 Å². The SMILES string of the molecule is CCOC(=O)C1CCN(C(=O)c2ccc(/C=C3\SC(=O)N(Cc4ccc(F)c(F)c4)C3=O)cc2)CC1. The van der Waals surface area contributed by atoms with Crippen LogP contribution in [0.15, 0.2) is 47.4 Å². The predicted molar refractivity (Wildman–Crippen MR) is 130 cm³/mol. The lowest BCUT2D eigenvalue weighted by Gasteiger charge is -2.31. The van der Waals surface area contributed by atoms with E-state index in [9.17, 15) is 28.0 Å². The first-order valence-corrected chi connectivity index (χ1v) is 12.3. The molecule has 2 aliphatic heterocycles. The summed E-state index contributed by atoms with van der Waals surface area (Å²) in [6, 6.07) is 9.89. The van der Waals surface area contributed by atoms with E-state index in [1.807, 2.05) is 0 Å². The maximum absolute atomic E-state index is 13.5. The summed E-state index contributed by atoms with van der Waals surface area (Å²) < 4.78 is 31.7. The number of halogens is 2. The van der Waals surface area contributed by atoms with Gasteiger partial charge in [-0.3, -0.25) is 24.1 Å². The zero-order chi connectivity index (χ0) is 25.8. The summed E-state index contributed by atoms with van der Waals surface area (Å²) in [5.74, 6) is -3.13. The molecule has 2 saturated heterocycles. The van der Waals surface area contributed by atoms with Crippen molar-refractivity contribution in [1.29, 1.82) is 0 Å². The quantitative estimate of drug-likeness (QED) is 0.413. The number of hydrogen-bond donors (Lipinski definition) is 0. The van der Waals surface area contributed by atoms with E-state index < -0.39 is 22.8 Å². The summed E-state index contributed by atoms with van der Waals surface area (Å²) in [7, 11) is 0. The fourth-order valence-corrected chi connectivity index (χ4v) is 4.93. The van der Waals surface area contributed by atoms with E-state index in [0.29, 0.717) is 49.2 Å². The molecule has 2 fully saturated rings. The molecule has 7 nitrogen and oxygen atoms in total. The molecule has 0 unspecified atom stereocenters. The first kappa shape index (κ1) is 25.6. The molecule has 0 atom stereocenters. The topological polar surface area (TPSA) is 84.0 Å². The maximum Gasteiger partial charge on any atom is 0.309 e. The average molecular weight is 515 g/mol. The first-order valence-electron chi connectivity index (χ1n) is 11.5. The lowest BCUT2D eigenvalue weighted by Crippen LogP contribution is -2.40. The molecule has 3 amide bonds. The van der Waals surface area contributed by atoms with Gasteiger partial charge in [-0.15, -0.1) is 0 Å². The molecule has 0 saturated carbocycles. The lowest BCUT2D eigenvalue weighted by molar-refractivity contribution is -0.149. The van der Waals surface area contributed by atoms with Crippen molar-refractivity contribution in [3.63, 3.8) is 0 Å². The summed E-state index contributed by atoms with van der Waals surface area (Å²) >= 11 is 0.760. The summed E-state index contributed by atoms with van der Waals surface area (Å²) in [6.45, 7) is 2.87. The standard InChI is InChI=1S/C26H24F2N2O5S/c1-2-35-25(33)19-9-11-29(12-10-19)23(31)18-6-3-16(4-7-18)14-22-24(32)30(26(34)36-22)15-17-5-8-20(27)21(28)13-17/h3-8,13-14,19H,2,9-12,15H2,1H3/b22-14-. The Kier molecular flexibility index (Phi) is 7.83. The molecular weight excluding hydrogens is 490 g/mol. The van der Waals surface area contributed by atoms with Gasteiger partial charge in [0.25, 0.3) is 17.1 Å². The number of imide groups is 1. The van der Waals surface area contributed by atoms with Gasteiger partial charge in [0.2, 0.25) is 0 Å². The number of likely N-dealkylation sites (tertiary alicyclic amines) is 1. The highest BCUT2D eigenvalue weighted by Crippen LogP contribution is 2.33. The molecule has 2 aromatic rings. The lowest BCUT2D eigenvalue weighted by atomic mass is 9.96. The Bertz CT molecular complexity index is 1220. The van der Waals surface area contributed by atoms with Gasteiger partial charge >= 0.3 is 5.97 Å². The van der Waals surface area contributed by atoms with Crippen LogP contribution < -0.4 is 0 Å². The van der Waals surface area contributed by atoms with E-state index in [-0.39, 0.29) is 29.2 Å². The normalized spacial score (nSPS) is 17.7. The van der Waals surface area contributed by atoms with Gasteiger partial charge in [0.15, 0.2) is 11.6 Å². The summed E-state index contributed by atoms with van der Waals surface area (Å²) in [5, 5.41) is -0.506. The minimum Gasteiger partial charge on any atom is -0.466 e. The second-order valence-corrected chi connectivity index (χ2v) is 9.45. The van der Waals surface area contributed by atoms with E-state index in [4.69, 9.17) is 4.74 Å². The minimum absolute atomic E-state index is 0.143. The number of carbonyl (C=O) groups excluding carboxylic acids is 4. The third-order valence-electron chi connectivity index (χ3n) is 6.06. The molecule has 36 heavy (non-hydrogen) atoms. The highest BCUT2D eigenvalue weighted by molar-refractivity contribution is 8.18. The van der Waals surface area contributed by atoms with E-state index >= 15 is 0 Å². The van der Waals surface area contributed by atoms with Crippen LogP contribution in [0.25, 0.3) is 6.08 Å². The van der Waals surface area contributed by atoms with Gasteiger partial charge < -0.3 is 9.64 Å². The number of nitrogens with zero attached hydrogens (tertiary/aromatic N) is 2. The number of benzene rings is 2. The molecule has 4 rings (SSSR count). The van der Waals surface area contributed by atoms with Gasteiger partial charge in [0, 0.05) is 18.7 Å². The Hall–Kier alpha value is -3.53. The van der Waals surface area contributed by atoms with Crippen molar-refractivity contribution in [2.75, 3.05) is 19.7 Å². The Morgan fingerprint density at radius 2 is 1.75 bits per heavy atom. The number of carbonyl (C=O) groups is 4. The molecule has 0 radical (unpaired) electrons. The smallest absolute Gasteiger partial charge is 0.309 e. The first-order chi connectivity index (χ1) is 17.3. The maximum atomic E-state index is 13.5.